The third-order valence-electron chi connectivity index (χ3n) is 3.23. The molecular weight excluding hydrogens is 292 g/mol. The first-order valence-corrected chi connectivity index (χ1v) is 8.65. The van der Waals surface area contributed by atoms with Gasteiger partial charge in [0.05, 0.1) is 11.4 Å². The average Bonchev–Trinajstić information content (AvgIpc) is 2.71. The molecule has 0 aliphatic heterocycles. The third-order valence-corrected chi connectivity index (χ3v) is 4.94. The molecule has 0 atom stereocenters. The van der Waals surface area contributed by atoms with Crippen LogP contribution in [0.4, 0.5) is 0 Å². The number of hydrogen-bond acceptors (Lipinski definition) is 5. The minimum absolute atomic E-state index is 0.284. The number of nitrogens with two attached hydrogens (primary N) is 1. The molecule has 0 aliphatic carbocycles. The Morgan fingerprint density at radius 1 is 1.29 bits per heavy atom. The fraction of sp³-hybridized carbons (Fsp3) is 0.769. The minimum atomic E-state index is -3.52. The van der Waals surface area contributed by atoms with Gasteiger partial charge in [0.15, 0.2) is 0 Å². The lowest BCUT2D eigenvalue weighted by Gasteiger charge is -2.08. The number of rotatable bonds is 10. The van der Waals surface area contributed by atoms with E-state index in [4.69, 9.17) is 10.5 Å². The second kappa shape index (κ2) is 8.47. The van der Waals surface area contributed by atoms with Crippen molar-refractivity contribution in [2.45, 2.75) is 44.6 Å². The van der Waals surface area contributed by atoms with E-state index in [1.54, 1.807) is 25.6 Å². The van der Waals surface area contributed by atoms with Crippen LogP contribution in [0.5, 0.6) is 0 Å². The Labute approximate surface area is 126 Å². The first kappa shape index (κ1) is 18.1. The zero-order valence-corrected chi connectivity index (χ0v) is 13.9. The maximum absolute atomic E-state index is 12.4. The highest BCUT2D eigenvalue weighted by Gasteiger charge is 2.23. The largest absolute Gasteiger partial charge is 0.385 e. The monoisotopic (exact) mass is 318 g/mol. The number of sulfonamides is 1. The van der Waals surface area contributed by atoms with Crippen molar-refractivity contribution in [3.8, 4) is 0 Å². The fourth-order valence-corrected chi connectivity index (χ4v) is 3.66. The lowest BCUT2D eigenvalue weighted by Crippen LogP contribution is -2.26. The van der Waals surface area contributed by atoms with Crippen LogP contribution in [0.15, 0.2) is 4.90 Å². The van der Waals surface area contributed by atoms with Gasteiger partial charge in [-0.25, -0.2) is 13.1 Å². The van der Waals surface area contributed by atoms with Crippen LogP contribution in [0.3, 0.4) is 0 Å². The number of aryl methyl sites for hydroxylation is 2. The summed E-state index contributed by atoms with van der Waals surface area (Å²) in [5.41, 5.74) is 6.66. The van der Waals surface area contributed by atoms with E-state index in [1.165, 1.54) is 0 Å². The van der Waals surface area contributed by atoms with Crippen molar-refractivity contribution in [1.29, 1.82) is 0 Å². The Balaban J connectivity index is 2.76. The summed E-state index contributed by atoms with van der Waals surface area (Å²) < 4.78 is 34.0. The van der Waals surface area contributed by atoms with Crippen molar-refractivity contribution in [1.82, 2.24) is 14.5 Å². The summed E-state index contributed by atoms with van der Waals surface area (Å²) in [7, 11) is -1.89. The van der Waals surface area contributed by atoms with Gasteiger partial charge in [0.25, 0.3) is 0 Å². The number of nitrogens with one attached hydrogen (secondary N) is 1. The van der Waals surface area contributed by atoms with E-state index in [1.807, 2.05) is 0 Å². The maximum atomic E-state index is 12.4. The lowest BCUT2D eigenvalue weighted by atomic mass is 10.3. The second-order valence-electron chi connectivity index (χ2n) is 4.96. The van der Waals surface area contributed by atoms with Crippen molar-refractivity contribution in [3.63, 3.8) is 0 Å². The van der Waals surface area contributed by atoms with E-state index in [2.05, 4.69) is 9.82 Å². The molecule has 0 radical (unpaired) electrons. The molecule has 1 heterocycles. The van der Waals surface area contributed by atoms with E-state index in [-0.39, 0.29) is 4.90 Å². The molecule has 0 saturated heterocycles. The van der Waals surface area contributed by atoms with Gasteiger partial charge in [-0.15, -0.1) is 0 Å². The summed E-state index contributed by atoms with van der Waals surface area (Å²) in [6.07, 6.45) is 2.34. The van der Waals surface area contributed by atoms with Gasteiger partial charge < -0.3 is 10.5 Å². The van der Waals surface area contributed by atoms with E-state index in [0.717, 1.165) is 19.3 Å². The van der Waals surface area contributed by atoms with Crippen LogP contribution in [0.25, 0.3) is 0 Å². The molecule has 0 amide bonds. The zero-order chi connectivity index (χ0) is 15.9. The molecule has 1 aromatic heterocycles. The molecule has 1 aromatic rings. The van der Waals surface area contributed by atoms with Gasteiger partial charge in [0.2, 0.25) is 10.0 Å². The molecule has 0 aliphatic rings. The summed E-state index contributed by atoms with van der Waals surface area (Å²) in [6, 6.07) is 0. The van der Waals surface area contributed by atoms with E-state index < -0.39 is 10.0 Å². The van der Waals surface area contributed by atoms with Crippen molar-refractivity contribution in [2.75, 3.05) is 26.8 Å². The smallest absolute Gasteiger partial charge is 0.244 e. The Morgan fingerprint density at radius 3 is 2.62 bits per heavy atom. The molecule has 0 unspecified atom stereocenters. The van der Waals surface area contributed by atoms with Crippen molar-refractivity contribution in [3.05, 3.63) is 11.4 Å². The number of aromatic nitrogens is 2. The molecule has 3 N–H and O–H groups in total. The SMILES string of the molecule is COCCCCNS(=O)(=O)c1c(C)nn(CCCN)c1C. The molecule has 0 spiro atoms. The van der Waals surface area contributed by atoms with Crippen LogP contribution in [0.2, 0.25) is 0 Å². The normalized spacial score (nSPS) is 12.0. The molecule has 0 bridgehead atoms. The summed E-state index contributed by atoms with van der Waals surface area (Å²) in [6.45, 7) is 5.71. The maximum Gasteiger partial charge on any atom is 0.244 e. The predicted molar refractivity (Wildman–Crippen MR) is 81.7 cm³/mol. The van der Waals surface area contributed by atoms with Crippen LogP contribution in [-0.2, 0) is 21.3 Å². The van der Waals surface area contributed by atoms with Crippen molar-refractivity contribution in [2.24, 2.45) is 5.73 Å². The molecule has 21 heavy (non-hydrogen) atoms. The average molecular weight is 318 g/mol. The molecule has 7 nitrogen and oxygen atoms in total. The van der Waals surface area contributed by atoms with Crippen LogP contribution in [-0.4, -0.2) is 45.0 Å². The van der Waals surface area contributed by atoms with E-state index in [0.29, 0.717) is 37.6 Å². The highest BCUT2D eigenvalue weighted by Crippen LogP contribution is 2.19. The quantitative estimate of drug-likeness (QED) is 0.614. The van der Waals surface area contributed by atoms with Crippen molar-refractivity contribution < 1.29 is 13.2 Å². The van der Waals surface area contributed by atoms with Gasteiger partial charge in [0.1, 0.15) is 4.90 Å². The van der Waals surface area contributed by atoms with Gasteiger partial charge in [-0.1, -0.05) is 0 Å². The molecular formula is C13H26N4O3S. The highest BCUT2D eigenvalue weighted by molar-refractivity contribution is 7.89. The lowest BCUT2D eigenvalue weighted by molar-refractivity contribution is 0.193. The van der Waals surface area contributed by atoms with Gasteiger partial charge in [-0.3, -0.25) is 4.68 Å². The predicted octanol–water partition coefficient (Wildman–Crippen LogP) is 0.554. The van der Waals surface area contributed by atoms with Crippen LogP contribution >= 0.6 is 0 Å². The summed E-state index contributed by atoms with van der Waals surface area (Å²) >= 11 is 0. The van der Waals surface area contributed by atoms with Crippen LogP contribution in [0, 0.1) is 13.8 Å². The number of hydrogen-bond donors (Lipinski definition) is 2. The fourth-order valence-electron chi connectivity index (χ4n) is 2.18. The van der Waals surface area contributed by atoms with E-state index in [9.17, 15) is 8.42 Å². The molecule has 0 saturated carbocycles. The zero-order valence-electron chi connectivity index (χ0n) is 13.1. The first-order chi connectivity index (χ1) is 9.94. The van der Waals surface area contributed by atoms with E-state index >= 15 is 0 Å². The third kappa shape index (κ3) is 5.06. The summed E-state index contributed by atoms with van der Waals surface area (Å²) in [5.74, 6) is 0. The summed E-state index contributed by atoms with van der Waals surface area (Å²) in [5, 5.41) is 4.29. The molecule has 0 fully saturated rings. The molecule has 8 heteroatoms. The van der Waals surface area contributed by atoms with Gasteiger partial charge in [0, 0.05) is 26.8 Å². The standard InChI is InChI=1S/C13H26N4O3S/c1-11-13(12(2)17(16-11)9-6-7-14)21(18,19)15-8-4-5-10-20-3/h15H,4-10,14H2,1-3H3. The molecule has 122 valence electrons. The Bertz CT molecular complexity index is 540. The van der Waals surface area contributed by atoms with Crippen molar-refractivity contribution >= 4 is 10.0 Å². The van der Waals surface area contributed by atoms with Crippen LogP contribution in [0.1, 0.15) is 30.7 Å². The number of unbranched alkanes of at least 4 members (excludes halogenated alkanes) is 1. The first-order valence-electron chi connectivity index (χ1n) is 7.16. The topological polar surface area (TPSA) is 99.2 Å². The van der Waals surface area contributed by atoms with Gasteiger partial charge in [-0.05, 0) is 39.7 Å². The number of methoxy groups -OCH3 is 1. The minimum Gasteiger partial charge on any atom is -0.385 e. The second-order valence-corrected chi connectivity index (χ2v) is 6.67. The van der Waals surface area contributed by atoms with Crippen LogP contribution < -0.4 is 10.5 Å². The van der Waals surface area contributed by atoms with Gasteiger partial charge in [-0.2, -0.15) is 5.10 Å². The number of nitrogens with zero attached hydrogens (tertiary/aromatic N) is 2. The molecule has 0 aromatic carbocycles. The van der Waals surface area contributed by atoms with Gasteiger partial charge >= 0.3 is 0 Å². The highest BCUT2D eigenvalue weighted by atomic mass is 32.2. The molecule has 1 rings (SSSR count). The number of ether oxygens (including phenoxy) is 1. The Morgan fingerprint density at radius 2 is 2.00 bits per heavy atom. The Hall–Kier alpha value is -0.960. The summed E-state index contributed by atoms with van der Waals surface area (Å²) in [4.78, 5) is 0.284. The Kier molecular flexibility index (Phi) is 7.30.